The van der Waals surface area contributed by atoms with Crippen LogP contribution in [0.3, 0.4) is 0 Å². The molecule has 0 amide bonds. The molecule has 0 radical (unpaired) electrons. The van der Waals surface area contributed by atoms with Gasteiger partial charge in [0.05, 0.1) is 4.90 Å². The van der Waals surface area contributed by atoms with Crippen LogP contribution in [0.25, 0.3) is 0 Å². The van der Waals surface area contributed by atoms with E-state index in [2.05, 4.69) is 27.8 Å². The van der Waals surface area contributed by atoms with Crippen LogP contribution in [0.1, 0.15) is 24.8 Å². The molecule has 2 atom stereocenters. The third-order valence-electron chi connectivity index (χ3n) is 4.45. The van der Waals surface area contributed by atoms with Gasteiger partial charge in [-0.05, 0) is 55.2 Å². The Balaban J connectivity index is 1.67. The molecule has 1 aliphatic rings. The average Bonchev–Trinajstić information content (AvgIpc) is 2.67. The number of rotatable bonds is 6. The Morgan fingerprint density at radius 1 is 0.920 bits per heavy atom. The molecule has 0 saturated carbocycles. The van der Waals surface area contributed by atoms with Gasteiger partial charge in [0.2, 0.25) is 0 Å². The van der Waals surface area contributed by atoms with Gasteiger partial charge >= 0.3 is 0 Å². The first kappa shape index (κ1) is 18.3. The Bertz CT molecular complexity index is 756. The van der Waals surface area contributed by atoms with Crippen LogP contribution in [-0.2, 0) is 28.3 Å². The number of hydrogen-bond acceptors (Lipinski definition) is 3. The Morgan fingerprint density at radius 2 is 1.56 bits per heavy atom. The van der Waals surface area contributed by atoms with E-state index in [0.717, 1.165) is 18.0 Å². The van der Waals surface area contributed by atoms with Crippen molar-refractivity contribution in [3.8, 4) is 0 Å². The zero-order chi connectivity index (χ0) is 17.6. The second-order valence-electron chi connectivity index (χ2n) is 6.19. The van der Waals surface area contributed by atoms with Crippen molar-refractivity contribution in [1.82, 2.24) is 4.72 Å². The molecule has 3 rings (SSSR count). The maximum Gasteiger partial charge on any atom is 0.125 e. The lowest BCUT2D eigenvalue weighted by Crippen LogP contribution is -2.31. The van der Waals surface area contributed by atoms with Gasteiger partial charge < -0.3 is 4.90 Å². The van der Waals surface area contributed by atoms with Crippen LogP contribution < -0.4 is 9.62 Å². The normalized spacial score (nSPS) is 17.2. The largest absolute Gasteiger partial charge is 0.371 e. The van der Waals surface area contributed by atoms with E-state index in [1.165, 1.54) is 30.5 Å². The number of anilines is 1. The van der Waals surface area contributed by atoms with Crippen LogP contribution >= 0.6 is 0 Å². The molecule has 2 aromatic rings. The fourth-order valence-electron chi connectivity index (χ4n) is 3.09. The fraction of sp³-hybridized carbons (Fsp3) is 0.368. The first-order chi connectivity index (χ1) is 12.1. The third-order valence-corrected chi connectivity index (χ3v) is 6.49. The smallest absolute Gasteiger partial charge is 0.125 e. The predicted octanol–water partition coefficient (Wildman–Crippen LogP) is 3.23. The second kappa shape index (κ2) is 8.74. The van der Waals surface area contributed by atoms with Gasteiger partial charge in [0.25, 0.3) is 0 Å². The summed E-state index contributed by atoms with van der Waals surface area (Å²) in [6.45, 7) is 2.74. The van der Waals surface area contributed by atoms with Crippen molar-refractivity contribution in [2.45, 2.75) is 35.6 Å². The van der Waals surface area contributed by atoms with Crippen molar-refractivity contribution in [2.75, 3.05) is 24.2 Å². The molecule has 6 heteroatoms. The highest BCUT2D eigenvalue weighted by atomic mass is 32.2. The highest BCUT2D eigenvalue weighted by molar-refractivity contribution is 7.84. The fourth-order valence-corrected chi connectivity index (χ4v) is 4.44. The van der Waals surface area contributed by atoms with Gasteiger partial charge in [-0.3, -0.25) is 4.21 Å². The molecule has 1 aliphatic heterocycles. The number of nitrogens with zero attached hydrogens (tertiary/aromatic N) is 1. The molecule has 1 N–H and O–H groups in total. The summed E-state index contributed by atoms with van der Waals surface area (Å²) >= 11 is 0. The first-order valence-electron chi connectivity index (χ1n) is 8.57. The molecule has 1 saturated heterocycles. The number of benzene rings is 2. The summed E-state index contributed by atoms with van der Waals surface area (Å²) in [5.74, 6) is 0. The van der Waals surface area contributed by atoms with Gasteiger partial charge in [0, 0.05) is 47.3 Å². The highest BCUT2D eigenvalue weighted by Gasteiger charge is 2.14. The maximum atomic E-state index is 12.5. The van der Waals surface area contributed by atoms with Crippen molar-refractivity contribution in [3.05, 3.63) is 54.1 Å². The van der Waals surface area contributed by atoms with Crippen LogP contribution in [-0.4, -0.2) is 27.8 Å². The Hall–Kier alpha value is -1.50. The predicted molar refractivity (Wildman–Crippen MR) is 105 cm³/mol. The zero-order valence-electron chi connectivity index (χ0n) is 14.4. The molecule has 2 aromatic carbocycles. The lowest BCUT2D eigenvalue weighted by molar-refractivity contribution is 0.576. The Morgan fingerprint density at radius 3 is 2.24 bits per heavy atom. The summed E-state index contributed by atoms with van der Waals surface area (Å²) in [6, 6.07) is 15.4. The van der Waals surface area contributed by atoms with Crippen molar-refractivity contribution in [3.63, 3.8) is 0 Å². The molecule has 4 nitrogen and oxygen atoms in total. The quantitative estimate of drug-likeness (QED) is 0.842. The first-order valence-corrected chi connectivity index (χ1v) is 11.3. The second-order valence-corrected chi connectivity index (χ2v) is 8.87. The lowest BCUT2D eigenvalue weighted by atomic mass is 10.1. The highest BCUT2D eigenvalue weighted by Crippen LogP contribution is 2.24. The van der Waals surface area contributed by atoms with E-state index >= 15 is 0 Å². The number of piperidine rings is 1. The lowest BCUT2D eigenvalue weighted by Gasteiger charge is -2.30. The van der Waals surface area contributed by atoms with Crippen LogP contribution in [0.15, 0.2) is 58.3 Å². The molecule has 0 aromatic heterocycles. The summed E-state index contributed by atoms with van der Waals surface area (Å²) in [6.07, 6.45) is 5.42. The van der Waals surface area contributed by atoms with E-state index in [1.807, 2.05) is 6.07 Å². The van der Waals surface area contributed by atoms with E-state index in [0.29, 0.717) is 11.4 Å². The maximum absolute atomic E-state index is 12.5. The van der Waals surface area contributed by atoms with E-state index in [1.54, 1.807) is 30.5 Å². The summed E-state index contributed by atoms with van der Waals surface area (Å²) < 4.78 is 27.1. The minimum Gasteiger partial charge on any atom is -0.371 e. The van der Waals surface area contributed by atoms with E-state index in [4.69, 9.17) is 0 Å². The molecule has 25 heavy (non-hydrogen) atoms. The minimum atomic E-state index is -1.29. The Labute approximate surface area is 154 Å². The number of hydrogen-bond donors (Lipinski definition) is 1. The monoisotopic (exact) mass is 376 g/mol. The molecule has 0 aliphatic carbocycles. The summed E-state index contributed by atoms with van der Waals surface area (Å²) in [4.78, 5) is 3.87. The number of para-hydroxylation sites is 1. The third kappa shape index (κ3) is 4.77. The van der Waals surface area contributed by atoms with Crippen molar-refractivity contribution in [1.29, 1.82) is 0 Å². The molecule has 1 heterocycles. The Kier molecular flexibility index (Phi) is 6.39. The number of nitrogens with one attached hydrogen (secondary N) is 1. The van der Waals surface area contributed by atoms with Gasteiger partial charge in [-0.25, -0.2) is 8.93 Å². The van der Waals surface area contributed by atoms with Crippen LogP contribution in [0.4, 0.5) is 5.69 Å². The van der Waals surface area contributed by atoms with Gasteiger partial charge in [0.1, 0.15) is 11.0 Å². The molecular formula is C19H24N2O2S2. The van der Waals surface area contributed by atoms with Crippen molar-refractivity contribution in [2.24, 2.45) is 0 Å². The van der Waals surface area contributed by atoms with Gasteiger partial charge in [-0.1, -0.05) is 18.2 Å². The van der Waals surface area contributed by atoms with Gasteiger partial charge in [0.15, 0.2) is 0 Å². The molecule has 0 spiro atoms. The van der Waals surface area contributed by atoms with E-state index < -0.39 is 21.8 Å². The van der Waals surface area contributed by atoms with E-state index in [9.17, 15) is 8.42 Å². The van der Waals surface area contributed by atoms with Crippen LogP contribution in [0, 0.1) is 0 Å². The zero-order valence-corrected chi connectivity index (χ0v) is 16.1. The van der Waals surface area contributed by atoms with Crippen molar-refractivity contribution < 1.29 is 8.42 Å². The standard InChI is InChI=1S/C19H24N2O2S2/c1-24(22)17-9-11-18(12-10-17)25(23)20-15-16-7-3-4-8-19(16)21-13-5-2-6-14-21/h3-4,7-12,20H,2,5-6,13-15H2,1H3. The minimum absolute atomic E-state index is 0.556. The van der Waals surface area contributed by atoms with Gasteiger partial charge in [-0.2, -0.15) is 0 Å². The summed E-state index contributed by atoms with van der Waals surface area (Å²) in [5, 5.41) is 0. The molecular weight excluding hydrogens is 352 g/mol. The molecule has 134 valence electrons. The average molecular weight is 377 g/mol. The van der Waals surface area contributed by atoms with E-state index in [-0.39, 0.29) is 0 Å². The summed E-state index contributed by atoms with van der Waals surface area (Å²) in [7, 11) is -2.30. The molecule has 1 fully saturated rings. The SMILES string of the molecule is CS(=O)c1ccc(S(=O)NCc2ccccc2N2CCCCC2)cc1. The van der Waals surface area contributed by atoms with Crippen molar-refractivity contribution >= 4 is 27.5 Å². The van der Waals surface area contributed by atoms with Crippen LogP contribution in [0.5, 0.6) is 0 Å². The molecule has 2 unspecified atom stereocenters. The molecule has 0 bridgehead atoms. The van der Waals surface area contributed by atoms with Gasteiger partial charge in [-0.15, -0.1) is 0 Å². The topological polar surface area (TPSA) is 49.4 Å². The summed E-state index contributed by atoms with van der Waals surface area (Å²) in [5.41, 5.74) is 2.41. The van der Waals surface area contributed by atoms with Crippen LogP contribution in [0.2, 0.25) is 0 Å².